The lowest BCUT2D eigenvalue weighted by atomic mass is 9.33. The summed E-state index contributed by atoms with van der Waals surface area (Å²) in [5, 5.41) is 0. The summed E-state index contributed by atoms with van der Waals surface area (Å²) in [5.74, 6) is -0.412. The van der Waals surface area contributed by atoms with Gasteiger partial charge in [-0.1, -0.05) is 0 Å². The van der Waals surface area contributed by atoms with Gasteiger partial charge in [0.2, 0.25) is 0 Å². The Bertz CT molecular complexity index is 452. The zero-order valence-corrected chi connectivity index (χ0v) is 9.00. The Balaban J connectivity index is 1.84. The number of ether oxygens (including phenoxy) is 1. The molecule has 0 radical (unpaired) electrons. The highest BCUT2D eigenvalue weighted by atomic mass is 19.1. The topological polar surface area (TPSA) is 39.2 Å². The zero-order valence-electron chi connectivity index (χ0n) is 9.00. The maximum Gasteiger partial charge on any atom is 0.311 e. The molecule has 3 aliphatic rings. The number of esters is 1. The third kappa shape index (κ3) is 0.970. The Morgan fingerprint density at radius 1 is 1.50 bits per heavy atom. The average molecular weight is 221 g/mol. The predicted molar refractivity (Wildman–Crippen MR) is 54.2 cm³/mol. The highest BCUT2D eigenvalue weighted by Crippen LogP contribution is 2.74. The van der Waals surface area contributed by atoms with E-state index in [1.165, 1.54) is 13.3 Å². The van der Waals surface area contributed by atoms with Crippen molar-refractivity contribution in [3.05, 3.63) is 29.8 Å². The first-order valence-corrected chi connectivity index (χ1v) is 5.30. The summed E-state index contributed by atoms with van der Waals surface area (Å²) < 4.78 is 18.3. The maximum absolute atomic E-state index is 13.6. The first-order chi connectivity index (χ1) is 7.62. The molecular weight excluding hydrogens is 209 g/mol. The molecule has 0 aromatic carbocycles. The Morgan fingerprint density at radius 3 is 2.75 bits per heavy atom. The Kier molecular flexibility index (Phi) is 1.71. The second kappa shape index (κ2) is 2.81. The number of carbonyl (C=O) groups is 1. The van der Waals surface area contributed by atoms with Gasteiger partial charge in [-0.15, -0.1) is 0 Å². The fourth-order valence-electron chi connectivity index (χ4n) is 3.31. The van der Waals surface area contributed by atoms with Crippen LogP contribution in [0.25, 0.3) is 0 Å². The largest absolute Gasteiger partial charge is 0.469 e. The van der Waals surface area contributed by atoms with Gasteiger partial charge in [0.15, 0.2) is 0 Å². The van der Waals surface area contributed by atoms with Gasteiger partial charge in [0.1, 0.15) is 5.82 Å². The molecule has 4 heteroatoms. The molecule has 2 bridgehead atoms. The average Bonchev–Trinajstić information content (AvgIpc) is 2.16. The molecule has 3 fully saturated rings. The molecule has 1 heterocycles. The van der Waals surface area contributed by atoms with Crippen LogP contribution in [0, 0.1) is 11.2 Å². The molecule has 0 atom stereocenters. The number of methoxy groups -OCH3 is 1. The van der Waals surface area contributed by atoms with E-state index in [2.05, 4.69) is 4.98 Å². The predicted octanol–water partition coefficient (Wildman–Crippen LogP) is 1.82. The molecule has 0 unspecified atom stereocenters. The van der Waals surface area contributed by atoms with E-state index >= 15 is 0 Å². The van der Waals surface area contributed by atoms with Crippen molar-refractivity contribution in [1.29, 1.82) is 0 Å². The third-order valence-electron chi connectivity index (χ3n) is 3.99. The number of pyridine rings is 1. The van der Waals surface area contributed by atoms with Crippen LogP contribution in [0.5, 0.6) is 0 Å². The van der Waals surface area contributed by atoms with Gasteiger partial charge in [0.05, 0.1) is 18.7 Å². The van der Waals surface area contributed by atoms with Crippen LogP contribution in [0.4, 0.5) is 4.39 Å². The van der Waals surface area contributed by atoms with Gasteiger partial charge in [0, 0.05) is 11.6 Å². The summed E-state index contributed by atoms with van der Waals surface area (Å²) in [6, 6.07) is 1.72. The number of nitrogens with zero attached hydrogens (tertiary/aromatic N) is 1. The van der Waals surface area contributed by atoms with Crippen LogP contribution in [0.1, 0.15) is 24.8 Å². The van der Waals surface area contributed by atoms with Crippen molar-refractivity contribution in [2.24, 2.45) is 5.41 Å². The molecule has 3 nitrogen and oxygen atoms in total. The number of carbonyl (C=O) groups excluding carboxylic acids is 1. The minimum Gasteiger partial charge on any atom is -0.469 e. The molecule has 3 aliphatic carbocycles. The summed E-state index contributed by atoms with van der Waals surface area (Å²) >= 11 is 0. The van der Waals surface area contributed by atoms with Crippen molar-refractivity contribution in [2.75, 3.05) is 7.11 Å². The Morgan fingerprint density at radius 2 is 2.19 bits per heavy atom. The van der Waals surface area contributed by atoms with Gasteiger partial charge < -0.3 is 4.74 Å². The first-order valence-electron chi connectivity index (χ1n) is 5.30. The van der Waals surface area contributed by atoms with E-state index in [0.29, 0.717) is 24.8 Å². The molecule has 3 saturated carbocycles. The van der Waals surface area contributed by atoms with Crippen molar-refractivity contribution < 1.29 is 13.9 Å². The normalized spacial score (nSPS) is 34.9. The molecule has 16 heavy (non-hydrogen) atoms. The minimum absolute atomic E-state index is 0.124. The fraction of sp³-hybridized carbons (Fsp3) is 0.500. The molecule has 1 aromatic heterocycles. The van der Waals surface area contributed by atoms with E-state index in [-0.39, 0.29) is 22.6 Å². The summed E-state index contributed by atoms with van der Waals surface area (Å²) in [4.78, 5) is 15.2. The van der Waals surface area contributed by atoms with Crippen molar-refractivity contribution in [3.63, 3.8) is 0 Å². The molecule has 4 rings (SSSR count). The highest BCUT2D eigenvalue weighted by Gasteiger charge is 2.73. The molecule has 0 amide bonds. The summed E-state index contributed by atoms with van der Waals surface area (Å²) in [5.41, 5.74) is 0.263. The van der Waals surface area contributed by atoms with Crippen LogP contribution in [0.2, 0.25) is 0 Å². The molecule has 0 N–H and O–H groups in total. The Hall–Kier alpha value is -1.45. The SMILES string of the molecule is COC(=O)C12CC(c3ccncc3F)(C1)C2. The molecule has 0 spiro atoms. The number of aromatic nitrogens is 1. The van der Waals surface area contributed by atoms with E-state index in [0.717, 1.165) is 0 Å². The molecule has 0 aliphatic heterocycles. The van der Waals surface area contributed by atoms with Crippen molar-refractivity contribution in [2.45, 2.75) is 24.7 Å². The molecule has 0 saturated heterocycles. The van der Waals surface area contributed by atoms with Crippen molar-refractivity contribution >= 4 is 5.97 Å². The highest BCUT2D eigenvalue weighted by molar-refractivity contribution is 5.82. The lowest BCUT2D eigenvalue weighted by molar-refractivity contribution is -0.198. The first kappa shape index (κ1) is 9.75. The van der Waals surface area contributed by atoms with E-state index in [1.807, 2.05) is 0 Å². The smallest absolute Gasteiger partial charge is 0.311 e. The maximum atomic E-state index is 13.6. The molecule has 84 valence electrons. The van der Waals surface area contributed by atoms with E-state index < -0.39 is 0 Å². The van der Waals surface area contributed by atoms with Crippen LogP contribution < -0.4 is 0 Å². The van der Waals surface area contributed by atoms with Crippen LogP contribution in [-0.2, 0) is 14.9 Å². The fourth-order valence-corrected chi connectivity index (χ4v) is 3.31. The molecule has 1 aromatic rings. The van der Waals surface area contributed by atoms with Gasteiger partial charge in [-0.2, -0.15) is 0 Å². The van der Waals surface area contributed by atoms with E-state index in [9.17, 15) is 9.18 Å². The number of hydrogen-bond acceptors (Lipinski definition) is 3. The van der Waals surface area contributed by atoms with E-state index in [4.69, 9.17) is 4.74 Å². The summed E-state index contributed by atoms with van der Waals surface area (Å²) in [7, 11) is 1.41. The van der Waals surface area contributed by atoms with Gasteiger partial charge >= 0.3 is 5.97 Å². The quantitative estimate of drug-likeness (QED) is 0.715. The van der Waals surface area contributed by atoms with E-state index in [1.54, 1.807) is 12.3 Å². The van der Waals surface area contributed by atoms with Crippen LogP contribution >= 0.6 is 0 Å². The second-order valence-corrected chi connectivity index (χ2v) is 4.94. The number of hydrogen-bond donors (Lipinski definition) is 0. The lowest BCUT2D eigenvalue weighted by Gasteiger charge is -2.68. The zero-order chi connectivity index (χ0) is 11.4. The summed E-state index contributed by atoms with van der Waals surface area (Å²) in [6.45, 7) is 0. The minimum atomic E-state index is -0.315. The lowest BCUT2D eigenvalue weighted by Crippen LogP contribution is -2.68. The second-order valence-electron chi connectivity index (χ2n) is 4.94. The van der Waals surface area contributed by atoms with Crippen molar-refractivity contribution in [3.8, 4) is 0 Å². The Labute approximate surface area is 92.6 Å². The van der Waals surface area contributed by atoms with Crippen LogP contribution in [0.15, 0.2) is 18.5 Å². The van der Waals surface area contributed by atoms with Gasteiger partial charge in [0.25, 0.3) is 0 Å². The standard InChI is InChI=1S/C12H12FNO2/c1-16-10(15)12-5-11(6-12,7-12)8-2-3-14-4-9(8)13/h2-4H,5-7H2,1H3. The van der Waals surface area contributed by atoms with Crippen LogP contribution in [0.3, 0.4) is 0 Å². The van der Waals surface area contributed by atoms with Crippen LogP contribution in [-0.4, -0.2) is 18.1 Å². The number of halogens is 1. The summed E-state index contributed by atoms with van der Waals surface area (Å²) in [6.07, 6.45) is 4.99. The monoisotopic (exact) mass is 221 g/mol. The molecular formula is C12H12FNO2. The van der Waals surface area contributed by atoms with Gasteiger partial charge in [-0.3, -0.25) is 9.78 Å². The van der Waals surface area contributed by atoms with Gasteiger partial charge in [-0.25, -0.2) is 4.39 Å². The number of rotatable bonds is 2. The van der Waals surface area contributed by atoms with Gasteiger partial charge in [-0.05, 0) is 30.9 Å². The van der Waals surface area contributed by atoms with Crippen molar-refractivity contribution in [1.82, 2.24) is 4.98 Å². The third-order valence-corrected chi connectivity index (χ3v) is 3.99.